The van der Waals surface area contributed by atoms with Gasteiger partial charge in [-0.3, -0.25) is 4.79 Å². The maximum atomic E-state index is 12.6. The Hall–Kier alpha value is -0.830. The van der Waals surface area contributed by atoms with Crippen LogP contribution in [0, 0.1) is 12.8 Å². The van der Waals surface area contributed by atoms with Crippen molar-refractivity contribution in [1.82, 2.24) is 4.90 Å². The lowest BCUT2D eigenvalue weighted by atomic mass is 10.1. The molecule has 0 atom stereocenters. The summed E-state index contributed by atoms with van der Waals surface area (Å²) in [6, 6.07) is 6.19. The van der Waals surface area contributed by atoms with E-state index in [4.69, 9.17) is 0 Å². The highest BCUT2D eigenvalue weighted by Crippen LogP contribution is 2.31. The Morgan fingerprint density at radius 3 is 2.67 bits per heavy atom. The van der Waals surface area contributed by atoms with Crippen LogP contribution in [0.2, 0.25) is 0 Å². The number of nitrogens with zero attached hydrogens (tertiary/aromatic N) is 1. The van der Waals surface area contributed by atoms with Gasteiger partial charge in [0.1, 0.15) is 0 Å². The summed E-state index contributed by atoms with van der Waals surface area (Å²) < 4.78 is 0.888. The molecule has 98 valence electrons. The molecule has 1 aliphatic rings. The minimum Gasteiger partial charge on any atom is -0.336 e. The summed E-state index contributed by atoms with van der Waals surface area (Å²) in [6.45, 7) is 7.09. The van der Waals surface area contributed by atoms with E-state index in [1.807, 2.05) is 30.0 Å². The third-order valence-electron chi connectivity index (χ3n) is 3.39. The smallest absolute Gasteiger partial charge is 0.255 e. The standard InChI is InChI=1S/C15H20BrNO/c1-10(2)17(9-12-5-6-12)15(18)13-8-11(3)4-7-14(13)16/h4,7-8,10,12H,5-6,9H2,1-3H3. The molecule has 0 heterocycles. The van der Waals surface area contributed by atoms with E-state index in [0.29, 0.717) is 0 Å². The molecular formula is C15H20BrNO. The van der Waals surface area contributed by atoms with Crippen molar-refractivity contribution in [3.63, 3.8) is 0 Å². The maximum absolute atomic E-state index is 12.6. The lowest BCUT2D eigenvalue weighted by Gasteiger charge is -2.27. The van der Waals surface area contributed by atoms with Crippen molar-refractivity contribution < 1.29 is 4.79 Å². The zero-order chi connectivity index (χ0) is 13.3. The quantitative estimate of drug-likeness (QED) is 0.822. The van der Waals surface area contributed by atoms with Crippen molar-refractivity contribution >= 4 is 21.8 Å². The molecule has 0 bridgehead atoms. The van der Waals surface area contributed by atoms with Crippen LogP contribution in [0.4, 0.5) is 0 Å². The second kappa shape index (κ2) is 5.43. The SMILES string of the molecule is Cc1ccc(Br)c(C(=O)N(CC2CC2)C(C)C)c1. The lowest BCUT2D eigenvalue weighted by molar-refractivity contribution is 0.0695. The van der Waals surface area contributed by atoms with Crippen LogP contribution < -0.4 is 0 Å². The van der Waals surface area contributed by atoms with Gasteiger partial charge in [0.25, 0.3) is 5.91 Å². The highest BCUT2D eigenvalue weighted by molar-refractivity contribution is 9.10. The van der Waals surface area contributed by atoms with E-state index < -0.39 is 0 Å². The molecule has 0 aromatic heterocycles. The van der Waals surface area contributed by atoms with E-state index in [1.54, 1.807) is 0 Å². The van der Waals surface area contributed by atoms with Gasteiger partial charge in [-0.25, -0.2) is 0 Å². The minimum atomic E-state index is 0.146. The predicted octanol–water partition coefficient (Wildman–Crippen LogP) is 4.02. The summed E-state index contributed by atoms with van der Waals surface area (Å²) in [5.41, 5.74) is 1.90. The number of hydrogen-bond donors (Lipinski definition) is 0. The van der Waals surface area contributed by atoms with Crippen molar-refractivity contribution in [3.8, 4) is 0 Å². The Bertz CT molecular complexity index is 452. The Labute approximate surface area is 117 Å². The second-order valence-corrected chi connectivity index (χ2v) is 6.33. The molecule has 0 spiro atoms. The fraction of sp³-hybridized carbons (Fsp3) is 0.533. The molecule has 18 heavy (non-hydrogen) atoms. The van der Waals surface area contributed by atoms with Crippen LogP contribution in [0.15, 0.2) is 22.7 Å². The van der Waals surface area contributed by atoms with Crippen molar-refractivity contribution in [3.05, 3.63) is 33.8 Å². The first-order valence-electron chi connectivity index (χ1n) is 6.56. The van der Waals surface area contributed by atoms with Gasteiger partial charge in [-0.2, -0.15) is 0 Å². The molecule has 0 N–H and O–H groups in total. The highest BCUT2D eigenvalue weighted by atomic mass is 79.9. The van der Waals surface area contributed by atoms with Crippen molar-refractivity contribution in [2.75, 3.05) is 6.54 Å². The number of rotatable bonds is 4. The predicted molar refractivity (Wildman–Crippen MR) is 77.8 cm³/mol. The maximum Gasteiger partial charge on any atom is 0.255 e. The summed E-state index contributed by atoms with van der Waals surface area (Å²) in [5, 5.41) is 0. The fourth-order valence-corrected chi connectivity index (χ4v) is 2.48. The molecule has 1 aromatic rings. The Morgan fingerprint density at radius 1 is 1.44 bits per heavy atom. The van der Waals surface area contributed by atoms with E-state index in [1.165, 1.54) is 12.8 Å². The average molecular weight is 310 g/mol. The van der Waals surface area contributed by atoms with Gasteiger partial charge in [0.05, 0.1) is 5.56 Å². The number of carbonyl (C=O) groups excluding carboxylic acids is 1. The second-order valence-electron chi connectivity index (χ2n) is 5.48. The van der Waals surface area contributed by atoms with Crippen LogP contribution in [0.5, 0.6) is 0 Å². The van der Waals surface area contributed by atoms with Gasteiger partial charge in [0.2, 0.25) is 0 Å². The molecule has 3 heteroatoms. The number of halogens is 1. The zero-order valence-corrected chi connectivity index (χ0v) is 12.8. The van der Waals surface area contributed by atoms with Crippen molar-refractivity contribution in [1.29, 1.82) is 0 Å². The first kappa shape index (κ1) is 13.6. The lowest BCUT2D eigenvalue weighted by Crippen LogP contribution is -2.38. The van der Waals surface area contributed by atoms with Crippen LogP contribution in [-0.2, 0) is 0 Å². The number of amides is 1. The van der Waals surface area contributed by atoms with Gasteiger partial charge < -0.3 is 4.90 Å². The number of carbonyl (C=O) groups is 1. The van der Waals surface area contributed by atoms with Gasteiger partial charge in [-0.15, -0.1) is 0 Å². The fourth-order valence-electron chi connectivity index (χ4n) is 2.06. The van der Waals surface area contributed by atoms with Crippen LogP contribution in [0.25, 0.3) is 0 Å². The van der Waals surface area contributed by atoms with Crippen LogP contribution >= 0.6 is 15.9 Å². The molecule has 1 aliphatic carbocycles. The number of benzene rings is 1. The third kappa shape index (κ3) is 3.14. The van der Waals surface area contributed by atoms with Gasteiger partial charge in [-0.05, 0) is 67.6 Å². The molecule has 0 aliphatic heterocycles. The summed E-state index contributed by atoms with van der Waals surface area (Å²) in [6.07, 6.45) is 2.54. The van der Waals surface area contributed by atoms with Crippen LogP contribution in [0.3, 0.4) is 0 Å². The molecule has 0 saturated heterocycles. The molecule has 1 fully saturated rings. The zero-order valence-electron chi connectivity index (χ0n) is 11.2. The molecule has 1 aromatic carbocycles. The first-order chi connectivity index (χ1) is 8.49. The van der Waals surface area contributed by atoms with Gasteiger partial charge in [-0.1, -0.05) is 11.6 Å². The number of aryl methyl sites for hydroxylation is 1. The third-order valence-corrected chi connectivity index (χ3v) is 4.08. The summed E-state index contributed by atoms with van der Waals surface area (Å²) in [4.78, 5) is 14.6. The normalized spacial score (nSPS) is 14.9. The molecule has 1 amide bonds. The molecular weight excluding hydrogens is 290 g/mol. The Balaban J connectivity index is 2.23. The topological polar surface area (TPSA) is 20.3 Å². The van der Waals surface area contributed by atoms with Gasteiger partial charge in [0, 0.05) is 17.1 Å². The first-order valence-corrected chi connectivity index (χ1v) is 7.35. The summed E-state index contributed by atoms with van der Waals surface area (Å²) in [5.74, 6) is 0.868. The summed E-state index contributed by atoms with van der Waals surface area (Å²) in [7, 11) is 0. The van der Waals surface area contributed by atoms with E-state index in [-0.39, 0.29) is 11.9 Å². The van der Waals surface area contributed by atoms with Crippen LogP contribution in [0.1, 0.15) is 42.6 Å². The Morgan fingerprint density at radius 2 is 2.11 bits per heavy atom. The van der Waals surface area contributed by atoms with E-state index in [0.717, 1.165) is 28.1 Å². The van der Waals surface area contributed by atoms with E-state index in [9.17, 15) is 4.79 Å². The largest absolute Gasteiger partial charge is 0.336 e. The van der Waals surface area contributed by atoms with E-state index >= 15 is 0 Å². The Kier molecular flexibility index (Phi) is 4.10. The molecule has 1 saturated carbocycles. The molecule has 2 nitrogen and oxygen atoms in total. The van der Waals surface area contributed by atoms with Crippen molar-refractivity contribution in [2.45, 2.75) is 39.7 Å². The number of hydrogen-bond acceptors (Lipinski definition) is 1. The molecule has 0 radical (unpaired) electrons. The molecule has 2 rings (SSSR count). The highest BCUT2D eigenvalue weighted by Gasteiger charge is 2.29. The van der Waals surface area contributed by atoms with Gasteiger partial charge >= 0.3 is 0 Å². The summed E-state index contributed by atoms with van der Waals surface area (Å²) >= 11 is 3.48. The van der Waals surface area contributed by atoms with E-state index in [2.05, 4.69) is 29.8 Å². The average Bonchev–Trinajstić information content (AvgIpc) is 3.12. The monoisotopic (exact) mass is 309 g/mol. The van der Waals surface area contributed by atoms with Crippen LogP contribution in [-0.4, -0.2) is 23.4 Å². The van der Waals surface area contributed by atoms with Gasteiger partial charge in [0.15, 0.2) is 0 Å². The minimum absolute atomic E-state index is 0.146. The molecule has 0 unspecified atom stereocenters. The van der Waals surface area contributed by atoms with Crippen molar-refractivity contribution in [2.24, 2.45) is 5.92 Å².